The molecule has 31 heavy (non-hydrogen) atoms. The van der Waals surface area contributed by atoms with Gasteiger partial charge in [0.25, 0.3) is 5.91 Å². The van der Waals surface area contributed by atoms with Crippen molar-refractivity contribution in [3.8, 4) is 0 Å². The summed E-state index contributed by atoms with van der Waals surface area (Å²) in [6.45, 7) is 1.64. The van der Waals surface area contributed by atoms with Crippen molar-refractivity contribution in [3.63, 3.8) is 0 Å². The molecule has 1 aliphatic rings. The molecule has 2 aromatic carbocycles. The van der Waals surface area contributed by atoms with Gasteiger partial charge in [-0.15, -0.1) is 0 Å². The minimum absolute atomic E-state index is 0.0395. The Labute approximate surface area is 185 Å². The zero-order valence-corrected chi connectivity index (χ0v) is 17.8. The van der Waals surface area contributed by atoms with E-state index in [9.17, 15) is 18.0 Å². The van der Waals surface area contributed by atoms with Crippen LogP contribution in [0.4, 0.5) is 13.2 Å². The van der Waals surface area contributed by atoms with Gasteiger partial charge in [0.2, 0.25) is 5.60 Å². The standard InChI is InChI=1S/C20H17Cl2F3N4O2/c1-10-5-11(3-4-15(10)17(30)28-18(26)27-2)16-9-19(31-29-16,20(23,24)25)12-6-13(21)8-14(22)7-12/h3-9,29H,1-2H3,(H3,26,27,28,30). The molecule has 1 atom stereocenters. The van der Waals surface area contributed by atoms with E-state index >= 15 is 0 Å². The van der Waals surface area contributed by atoms with Gasteiger partial charge in [0, 0.05) is 28.2 Å². The number of amides is 1. The molecule has 164 valence electrons. The van der Waals surface area contributed by atoms with Crippen molar-refractivity contribution in [2.24, 2.45) is 10.7 Å². The first-order chi connectivity index (χ1) is 14.5. The summed E-state index contributed by atoms with van der Waals surface area (Å²) < 4.78 is 42.3. The van der Waals surface area contributed by atoms with Crippen molar-refractivity contribution in [2.45, 2.75) is 18.7 Å². The fraction of sp³-hybridized carbons (Fsp3) is 0.200. The number of aliphatic imine (C=N–C) groups is 1. The first kappa shape index (κ1) is 22.9. The van der Waals surface area contributed by atoms with E-state index in [0.717, 1.165) is 18.2 Å². The maximum absolute atomic E-state index is 14.1. The summed E-state index contributed by atoms with van der Waals surface area (Å²) in [5.74, 6) is -0.549. The van der Waals surface area contributed by atoms with Crippen molar-refractivity contribution in [1.29, 1.82) is 0 Å². The maximum atomic E-state index is 14.1. The van der Waals surface area contributed by atoms with Crippen LogP contribution in [-0.2, 0) is 10.4 Å². The van der Waals surface area contributed by atoms with Crippen LogP contribution in [0.3, 0.4) is 0 Å². The van der Waals surface area contributed by atoms with Crippen molar-refractivity contribution in [1.82, 2.24) is 10.8 Å². The summed E-state index contributed by atoms with van der Waals surface area (Å²) in [7, 11) is 1.42. The summed E-state index contributed by atoms with van der Waals surface area (Å²) in [5, 5.41) is 2.48. The summed E-state index contributed by atoms with van der Waals surface area (Å²) in [5.41, 5.74) is 6.01. The quantitative estimate of drug-likeness (QED) is 0.458. The maximum Gasteiger partial charge on any atom is 0.428 e. The predicted molar refractivity (Wildman–Crippen MR) is 113 cm³/mol. The third-order valence-corrected chi connectivity index (χ3v) is 5.08. The second kappa shape index (κ2) is 8.41. The Morgan fingerprint density at radius 3 is 2.39 bits per heavy atom. The van der Waals surface area contributed by atoms with E-state index in [1.807, 2.05) is 0 Å². The van der Waals surface area contributed by atoms with Crippen molar-refractivity contribution in [3.05, 3.63) is 74.8 Å². The molecule has 1 amide bonds. The van der Waals surface area contributed by atoms with Gasteiger partial charge in [-0.1, -0.05) is 29.3 Å². The lowest BCUT2D eigenvalue weighted by atomic mass is 9.91. The zero-order chi connectivity index (χ0) is 23.0. The Bertz CT molecular complexity index is 1080. The van der Waals surface area contributed by atoms with Gasteiger partial charge >= 0.3 is 6.18 Å². The van der Waals surface area contributed by atoms with Gasteiger partial charge in [-0.25, -0.2) is 0 Å². The molecule has 0 bridgehead atoms. The number of carbonyl (C=O) groups is 1. The van der Waals surface area contributed by atoms with E-state index in [1.54, 1.807) is 13.0 Å². The molecule has 11 heteroatoms. The Morgan fingerprint density at radius 1 is 1.19 bits per heavy atom. The monoisotopic (exact) mass is 472 g/mol. The number of aryl methyl sites for hydroxylation is 1. The van der Waals surface area contributed by atoms with E-state index in [2.05, 4.69) is 15.8 Å². The number of rotatable bonds is 3. The number of nitrogens with zero attached hydrogens (tertiary/aromatic N) is 1. The third kappa shape index (κ3) is 4.48. The molecule has 3 rings (SSSR count). The molecule has 6 nitrogen and oxygen atoms in total. The number of hydroxylamine groups is 1. The van der Waals surface area contributed by atoms with Crippen LogP contribution in [0.15, 0.2) is 47.5 Å². The highest BCUT2D eigenvalue weighted by molar-refractivity contribution is 6.34. The van der Waals surface area contributed by atoms with Gasteiger partial charge in [0.15, 0.2) is 5.96 Å². The second-order valence-corrected chi connectivity index (χ2v) is 7.62. The molecule has 2 aromatic rings. The van der Waals surface area contributed by atoms with Gasteiger partial charge in [-0.05, 0) is 54.5 Å². The second-order valence-electron chi connectivity index (χ2n) is 6.75. The normalized spacial score (nSPS) is 19.1. The topological polar surface area (TPSA) is 88.7 Å². The minimum atomic E-state index is -4.82. The largest absolute Gasteiger partial charge is 0.428 e. The molecule has 0 spiro atoms. The van der Waals surface area contributed by atoms with Crippen LogP contribution in [0.2, 0.25) is 10.0 Å². The number of benzene rings is 2. The van der Waals surface area contributed by atoms with Crippen LogP contribution in [-0.4, -0.2) is 25.1 Å². The smallest absolute Gasteiger partial charge is 0.370 e. The fourth-order valence-corrected chi connectivity index (χ4v) is 3.61. The Morgan fingerprint density at radius 2 is 1.84 bits per heavy atom. The summed E-state index contributed by atoms with van der Waals surface area (Å²) in [6, 6.07) is 8.11. The average molecular weight is 473 g/mol. The number of carbonyl (C=O) groups excluding carboxylic acids is 1. The van der Waals surface area contributed by atoms with Crippen LogP contribution in [0.25, 0.3) is 5.70 Å². The SMILES string of the molecule is CN=C(N)NC(=O)c1ccc(C2=CC(c3cc(Cl)cc(Cl)c3)(C(F)(F)F)ON2)cc1C. The molecule has 0 saturated carbocycles. The van der Waals surface area contributed by atoms with E-state index < -0.39 is 17.7 Å². The number of hydrogen-bond acceptors (Lipinski definition) is 4. The van der Waals surface area contributed by atoms with Crippen LogP contribution in [0, 0.1) is 6.92 Å². The van der Waals surface area contributed by atoms with E-state index in [-0.39, 0.29) is 27.3 Å². The molecule has 0 radical (unpaired) electrons. The summed E-state index contributed by atoms with van der Waals surface area (Å²) >= 11 is 11.8. The van der Waals surface area contributed by atoms with Crippen molar-refractivity contribution in [2.75, 3.05) is 7.05 Å². The molecule has 0 aliphatic carbocycles. The zero-order valence-electron chi connectivity index (χ0n) is 16.3. The molecule has 1 unspecified atom stereocenters. The van der Waals surface area contributed by atoms with Crippen molar-refractivity contribution < 1.29 is 22.8 Å². The first-order valence-corrected chi connectivity index (χ1v) is 9.57. The van der Waals surface area contributed by atoms with Crippen LogP contribution >= 0.6 is 23.2 Å². The molecule has 0 aromatic heterocycles. The van der Waals surface area contributed by atoms with Gasteiger partial charge in [-0.2, -0.15) is 13.2 Å². The van der Waals surface area contributed by atoms with E-state index in [0.29, 0.717) is 16.7 Å². The average Bonchev–Trinajstić information content (AvgIpc) is 3.13. The van der Waals surface area contributed by atoms with Crippen LogP contribution in [0.5, 0.6) is 0 Å². The highest BCUT2D eigenvalue weighted by atomic mass is 35.5. The summed E-state index contributed by atoms with van der Waals surface area (Å²) in [6.07, 6.45) is -3.91. The Kier molecular flexibility index (Phi) is 6.22. The number of halogens is 5. The molecule has 0 fully saturated rings. The molecule has 0 saturated heterocycles. The van der Waals surface area contributed by atoms with Gasteiger partial charge in [-0.3, -0.25) is 25.4 Å². The number of nitrogens with two attached hydrogens (primary N) is 1. The minimum Gasteiger partial charge on any atom is -0.370 e. The fourth-order valence-electron chi connectivity index (χ4n) is 3.08. The highest BCUT2D eigenvalue weighted by Gasteiger charge is 2.59. The first-order valence-electron chi connectivity index (χ1n) is 8.81. The van der Waals surface area contributed by atoms with Gasteiger partial charge in [0.1, 0.15) is 0 Å². The van der Waals surface area contributed by atoms with E-state index in [4.69, 9.17) is 33.8 Å². The van der Waals surface area contributed by atoms with Crippen molar-refractivity contribution >= 4 is 40.8 Å². The third-order valence-electron chi connectivity index (χ3n) is 4.65. The lowest BCUT2D eigenvalue weighted by Gasteiger charge is -2.28. The number of nitrogens with one attached hydrogen (secondary N) is 2. The van der Waals surface area contributed by atoms with Crippen LogP contribution in [0.1, 0.15) is 27.0 Å². The molecule has 4 N–H and O–H groups in total. The number of hydrogen-bond donors (Lipinski definition) is 3. The number of alkyl halides is 3. The van der Waals surface area contributed by atoms with E-state index in [1.165, 1.54) is 25.2 Å². The highest BCUT2D eigenvalue weighted by Crippen LogP contribution is 2.48. The molecular weight excluding hydrogens is 456 g/mol. The lowest BCUT2D eigenvalue weighted by molar-refractivity contribution is -0.269. The van der Waals surface area contributed by atoms with Crippen LogP contribution < -0.4 is 16.5 Å². The molecular formula is C20H17Cl2F3N4O2. The van der Waals surface area contributed by atoms with Gasteiger partial charge < -0.3 is 5.73 Å². The predicted octanol–water partition coefficient (Wildman–Crippen LogP) is 4.31. The van der Waals surface area contributed by atoms with Gasteiger partial charge in [0.05, 0.1) is 5.70 Å². The Hall–Kier alpha value is -2.75. The molecule has 1 aliphatic heterocycles. The molecule has 1 heterocycles. The summed E-state index contributed by atoms with van der Waals surface area (Å²) in [4.78, 5) is 21.0. The number of guanidine groups is 1. The Balaban J connectivity index is 2.02. The lowest BCUT2D eigenvalue weighted by Crippen LogP contribution is -2.42.